The van der Waals surface area contributed by atoms with E-state index in [1.165, 1.54) is 11.1 Å². The molecule has 1 aliphatic heterocycles. The molecule has 1 aromatic carbocycles. The molecule has 102 valence electrons. The van der Waals surface area contributed by atoms with Crippen molar-refractivity contribution in [3.63, 3.8) is 0 Å². The molecule has 1 aromatic rings. The third-order valence-corrected chi connectivity index (χ3v) is 4.86. The van der Waals surface area contributed by atoms with Gasteiger partial charge in [0.05, 0.1) is 18.8 Å². The molecule has 1 fully saturated rings. The molecular weight excluding hydrogens is 236 g/mol. The van der Waals surface area contributed by atoms with E-state index in [4.69, 9.17) is 4.74 Å². The van der Waals surface area contributed by atoms with Crippen molar-refractivity contribution in [1.82, 2.24) is 0 Å². The number of aliphatic hydroxyl groups is 1. The molecule has 0 unspecified atom stereocenters. The Labute approximate surface area is 115 Å². The lowest BCUT2D eigenvalue weighted by molar-refractivity contribution is -0.0681. The van der Waals surface area contributed by atoms with Gasteiger partial charge in [0, 0.05) is 5.92 Å². The standard InChI is InChI=1S/C17H22O2/c1-17(2)14-11-19-15(12-6-4-3-5-7-12)10-13(14)8-9-16(17)18/h3-8,14-16,18H,9-11H2,1-2H3/t14-,15-,16+/m0/s1. The first-order valence-electron chi connectivity index (χ1n) is 7.12. The van der Waals surface area contributed by atoms with Crippen LogP contribution in [-0.4, -0.2) is 17.8 Å². The van der Waals surface area contributed by atoms with Crippen molar-refractivity contribution in [1.29, 1.82) is 0 Å². The smallest absolute Gasteiger partial charge is 0.0862 e. The van der Waals surface area contributed by atoms with Gasteiger partial charge in [-0.25, -0.2) is 0 Å². The molecule has 0 saturated carbocycles. The summed E-state index contributed by atoms with van der Waals surface area (Å²) in [6, 6.07) is 10.4. The molecule has 1 heterocycles. The highest BCUT2D eigenvalue weighted by Gasteiger charge is 2.43. The number of hydrogen-bond donors (Lipinski definition) is 1. The Bertz CT molecular complexity index is 475. The van der Waals surface area contributed by atoms with Crippen molar-refractivity contribution < 1.29 is 9.84 Å². The molecule has 0 radical (unpaired) electrons. The van der Waals surface area contributed by atoms with Gasteiger partial charge in [-0.15, -0.1) is 0 Å². The third-order valence-electron chi connectivity index (χ3n) is 4.86. The van der Waals surface area contributed by atoms with Gasteiger partial charge in [0.1, 0.15) is 0 Å². The van der Waals surface area contributed by atoms with Gasteiger partial charge in [0.15, 0.2) is 0 Å². The van der Waals surface area contributed by atoms with E-state index >= 15 is 0 Å². The summed E-state index contributed by atoms with van der Waals surface area (Å²) in [5.74, 6) is 0.358. The zero-order chi connectivity index (χ0) is 13.5. The Morgan fingerprint density at radius 3 is 2.68 bits per heavy atom. The molecule has 0 amide bonds. The molecule has 19 heavy (non-hydrogen) atoms. The van der Waals surface area contributed by atoms with E-state index < -0.39 is 0 Å². The highest BCUT2D eigenvalue weighted by molar-refractivity contribution is 5.25. The molecule has 2 nitrogen and oxygen atoms in total. The van der Waals surface area contributed by atoms with Crippen molar-refractivity contribution in [2.75, 3.05) is 6.61 Å². The fourth-order valence-corrected chi connectivity index (χ4v) is 3.33. The van der Waals surface area contributed by atoms with Crippen LogP contribution in [0.1, 0.15) is 38.4 Å². The molecule has 0 bridgehead atoms. The van der Waals surface area contributed by atoms with E-state index in [-0.39, 0.29) is 17.6 Å². The van der Waals surface area contributed by atoms with Crippen LogP contribution in [-0.2, 0) is 4.74 Å². The first-order chi connectivity index (χ1) is 9.09. The summed E-state index contributed by atoms with van der Waals surface area (Å²) in [7, 11) is 0. The van der Waals surface area contributed by atoms with Crippen molar-refractivity contribution >= 4 is 0 Å². The van der Waals surface area contributed by atoms with Crippen molar-refractivity contribution in [2.24, 2.45) is 11.3 Å². The van der Waals surface area contributed by atoms with Crippen LogP contribution in [0.25, 0.3) is 0 Å². The van der Waals surface area contributed by atoms with Gasteiger partial charge in [-0.05, 0) is 23.8 Å². The molecule has 1 saturated heterocycles. The predicted molar refractivity (Wildman–Crippen MR) is 75.7 cm³/mol. The highest BCUT2D eigenvalue weighted by atomic mass is 16.5. The summed E-state index contributed by atoms with van der Waals surface area (Å²) in [6.07, 6.45) is 3.90. The van der Waals surface area contributed by atoms with E-state index in [2.05, 4.69) is 44.2 Å². The van der Waals surface area contributed by atoms with Crippen LogP contribution in [0.5, 0.6) is 0 Å². The maximum Gasteiger partial charge on any atom is 0.0862 e. The SMILES string of the molecule is CC1(C)[C@H](O)CC=C2C[C@@H](c3ccccc3)OC[C@@H]21. The minimum absolute atomic E-state index is 0.0776. The van der Waals surface area contributed by atoms with Crippen LogP contribution in [0.4, 0.5) is 0 Å². The summed E-state index contributed by atoms with van der Waals surface area (Å²) < 4.78 is 6.07. The number of ether oxygens (including phenoxy) is 1. The van der Waals surface area contributed by atoms with Gasteiger partial charge in [-0.2, -0.15) is 0 Å². The van der Waals surface area contributed by atoms with E-state index in [1.54, 1.807) is 0 Å². The average Bonchev–Trinajstić information content (AvgIpc) is 2.44. The van der Waals surface area contributed by atoms with Crippen LogP contribution in [0.15, 0.2) is 42.0 Å². The zero-order valence-electron chi connectivity index (χ0n) is 11.7. The van der Waals surface area contributed by atoms with Gasteiger partial charge < -0.3 is 9.84 Å². The lowest BCUT2D eigenvalue weighted by Crippen LogP contribution is -2.44. The number of hydrogen-bond acceptors (Lipinski definition) is 2. The largest absolute Gasteiger partial charge is 0.392 e. The molecule has 3 rings (SSSR count). The second-order valence-electron chi connectivity index (χ2n) is 6.34. The Morgan fingerprint density at radius 2 is 1.95 bits per heavy atom. The normalized spacial score (nSPS) is 33.4. The lowest BCUT2D eigenvalue weighted by atomic mass is 9.65. The number of fused-ring (bicyclic) bond motifs is 1. The van der Waals surface area contributed by atoms with E-state index in [0.717, 1.165) is 19.4 Å². The summed E-state index contributed by atoms with van der Waals surface area (Å²) >= 11 is 0. The molecule has 2 aliphatic rings. The predicted octanol–water partition coefficient (Wildman–Crippen LogP) is 3.48. The Hall–Kier alpha value is -1.12. The van der Waals surface area contributed by atoms with E-state index in [1.807, 2.05) is 6.07 Å². The minimum Gasteiger partial charge on any atom is -0.392 e. The quantitative estimate of drug-likeness (QED) is 0.781. The summed E-state index contributed by atoms with van der Waals surface area (Å²) in [5, 5.41) is 10.2. The Morgan fingerprint density at radius 1 is 1.21 bits per heavy atom. The molecule has 0 spiro atoms. The average molecular weight is 258 g/mol. The first kappa shape index (κ1) is 12.9. The van der Waals surface area contributed by atoms with Gasteiger partial charge in [0.2, 0.25) is 0 Å². The van der Waals surface area contributed by atoms with Crippen LogP contribution >= 0.6 is 0 Å². The van der Waals surface area contributed by atoms with Gasteiger partial charge in [0.25, 0.3) is 0 Å². The third kappa shape index (κ3) is 2.24. The second kappa shape index (κ2) is 4.77. The van der Waals surface area contributed by atoms with Gasteiger partial charge in [-0.1, -0.05) is 55.8 Å². The first-order valence-corrected chi connectivity index (χ1v) is 7.12. The summed E-state index contributed by atoms with van der Waals surface area (Å²) in [6.45, 7) is 5.03. The molecule has 0 aromatic heterocycles. The molecule has 3 atom stereocenters. The topological polar surface area (TPSA) is 29.5 Å². The maximum atomic E-state index is 10.2. The molecule has 1 N–H and O–H groups in total. The monoisotopic (exact) mass is 258 g/mol. The fraction of sp³-hybridized carbons (Fsp3) is 0.529. The Balaban J connectivity index is 1.82. The van der Waals surface area contributed by atoms with Crippen molar-refractivity contribution in [3.8, 4) is 0 Å². The van der Waals surface area contributed by atoms with Gasteiger partial charge >= 0.3 is 0 Å². The number of rotatable bonds is 1. The van der Waals surface area contributed by atoms with Crippen LogP contribution in [0, 0.1) is 11.3 Å². The van der Waals surface area contributed by atoms with Crippen molar-refractivity contribution in [2.45, 2.75) is 38.9 Å². The van der Waals surface area contributed by atoms with Crippen molar-refractivity contribution in [3.05, 3.63) is 47.5 Å². The minimum atomic E-state index is -0.252. The lowest BCUT2D eigenvalue weighted by Gasteiger charge is -2.46. The van der Waals surface area contributed by atoms with E-state index in [9.17, 15) is 5.11 Å². The van der Waals surface area contributed by atoms with Gasteiger partial charge in [-0.3, -0.25) is 0 Å². The Kier molecular flexibility index (Phi) is 3.23. The summed E-state index contributed by atoms with van der Waals surface area (Å²) in [5.41, 5.74) is 2.65. The molecular formula is C17H22O2. The fourth-order valence-electron chi connectivity index (χ4n) is 3.33. The second-order valence-corrected chi connectivity index (χ2v) is 6.34. The summed E-state index contributed by atoms with van der Waals surface area (Å²) in [4.78, 5) is 0. The molecule has 1 aliphatic carbocycles. The number of benzene rings is 1. The zero-order valence-corrected chi connectivity index (χ0v) is 11.7. The van der Waals surface area contributed by atoms with E-state index in [0.29, 0.717) is 5.92 Å². The number of aliphatic hydroxyl groups excluding tert-OH is 1. The van der Waals surface area contributed by atoms with Crippen LogP contribution in [0.3, 0.4) is 0 Å². The maximum absolute atomic E-state index is 10.2. The van der Waals surface area contributed by atoms with Crippen LogP contribution < -0.4 is 0 Å². The van der Waals surface area contributed by atoms with Crippen LogP contribution in [0.2, 0.25) is 0 Å². The molecule has 2 heteroatoms. The highest BCUT2D eigenvalue weighted by Crippen LogP contribution is 2.47.